The number of benzene rings is 2. The maximum Gasteiger partial charge on any atom is 0.249 e. The van der Waals surface area contributed by atoms with E-state index >= 15 is 0 Å². The number of hydrogen-bond donors (Lipinski definition) is 1. The van der Waals surface area contributed by atoms with Crippen molar-refractivity contribution in [1.29, 1.82) is 0 Å². The summed E-state index contributed by atoms with van der Waals surface area (Å²) in [6.07, 6.45) is 5.14. The molecule has 0 saturated heterocycles. The Morgan fingerprint density at radius 2 is 1.83 bits per heavy atom. The Hall–Kier alpha value is -3.14. The van der Waals surface area contributed by atoms with Gasteiger partial charge in [0.2, 0.25) is 5.91 Å². The minimum atomic E-state index is -0.195. The lowest BCUT2D eigenvalue weighted by Gasteiger charge is -2.02. The molecular formula is C20H19N3O. The lowest BCUT2D eigenvalue weighted by Crippen LogP contribution is -2.09. The Balaban J connectivity index is 1.58. The number of nitrogens with one attached hydrogen (secondary N) is 1. The molecule has 1 N–H and O–H groups in total. The molecule has 0 aliphatic carbocycles. The fraction of sp³-hybridized carbons (Fsp3) is 0.100. The second-order valence-corrected chi connectivity index (χ2v) is 5.62. The number of rotatable bonds is 5. The predicted octanol–water partition coefficient (Wildman–Crippen LogP) is 3.89. The summed E-state index contributed by atoms with van der Waals surface area (Å²) in [5.74, 6) is 0.351. The maximum atomic E-state index is 11.9. The maximum absolute atomic E-state index is 11.9. The van der Waals surface area contributed by atoms with E-state index in [1.165, 1.54) is 17.2 Å². The predicted molar refractivity (Wildman–Crippen MR) is 96.6 cm³/mol. The highest BCUT2D eigenvalue weighted by molar-refractivity contribution is 6.01. The van der Waals surface area contributed by atoms with Crippen LogP contribution in [-0.2, 0) is 11.3 Å². The van der Waals surface area contributed by atoms with Gasteiger partial charge in [0.25, 0.3) is 0 Å². The normalized spacial score (nSPS) is 10.9. The highest BCUT2D eigenvalue weighted by Gasteiger charge is 2.03. The number of anilines is 1. The molecule has 0 spiro atoms. The minimum absolute atomic E-state index is 0.195. The van der Waals surface area contributed by atoms with Gasteiger partial charge in [-0.25, -0.2) is 0 Å². The summed E-state index contributed by atoms with van der Waals surface area (Å²) >= 11 is 0. The molecule has 0 atom stereocenters. The van der Waals surface area contributed by atoms with E-state index in [4.69, 9.17) is 0 Å². The van der Waals surface area contributed by atoms with Crippen molar-refractivity contribution >= 4 is 17.8 Å². The van der Waals surface area contributed by atoms with Crippen LogP contribution >= 0.6 is 0 Å². The number of carbonyl (C=O) groups is 1. The van der Waals surface area contributed by atoms with Gasteiger partial charge < -0.3 is 5.32 Å². The minimum Gasteiger partial charge on any atom is -0.306 e. The van der Waals surface area contributed by atoms with E-state index in [1.54, 1.807) is 16.8 Å². The van der Waals surface area contributed by atoms with Crippen LogP contribution < -0.4 is 5.32 Å². The van der Waals surface area contributed by atoms with Crippen LogP contribution in [0.15, 0.2) is 72.9 Å². The van der Waals surface area contributed by atoms with Gasteiger partial charge in [-0.3, -0.25) is 9.48 Å². The van der Waals surface area contributed by atoms with Crippen LogP contribution in [0.3, 0.4) is 0 Å². The summed E-state index contributed by atoms with van der Waals surface area (Å²) in [5.41, 5.74) is 3.39. The third-order valence-corrected chi connectivity index (χ3v) is 3.58. The molecule has 24 heavy (non-hydrogen) atoms. The molecule has 0 aliphatic rings. The molecule has 120 valence electrons. The molecule has 4 heteroatoms. The van der Waals surface area contributed by atoms with Crippen LogP contribution in [0.4, 0.5) is 5.82 Å². The average molecular weight is 317 g/mol. The third kappa shape index (κ3) is 4.43. The van der Waals surface area contributed by atoms with Crippen molar-refractivity contribution in [3.63, 3.8) is 0 Å². The van der Waals surface area contributed by atoms with Crippen LogP contribution in [0.25, 0.3) is 6.08 Å². The number of amides is 1. The smallest absolute Gasteiger partial charge is 0.249 e. The number of hydrogen-bond acceptors (Lipinski definition) is 2. The van der Waals surface area contributed by atoms with E-state index in [0.29, 0.717) is 12.4 Å². The van der Waals surface area contributed by atoms with Crippen molar-refractivity contribution in [3.8, 4) is 0 Å². The Kier molecular flexibility index (Phi) is 4.87. The first kappa shape index (κ1) is 15.7. The molecule has 3 rings (SSSR count). The Morgan fingerprint density at radius 1 is 1.08 bits per heavy atom. The van der Waals surface area contributed by atoms with Crippen molar-refractivity contribution in [2.75, 3.05) is 5.32 Å². The van der Waals surface area contributed by atoms with Gasteiger partial charge in [-0.05, 0) is 24.1 Å². The molecule has 0 fully saturated rings. The van der Waals surface area contributed by atoms with Crippen LogP contribution in [0.1, 0.15) is 16.7 Å². The Labute approximate surface area is 141 Å². The van der Waals surface area contributed by atoms with E-state index in [-0.39, 0.29) is 5.91 Å². The molecule has 1 amide bonds. The quantitative estimate of drug-likeness (QED) is 0.726. The van der Waals surface area contributed by atoms with Crippen molar-refractivity contribution in [2.24, 2.45) is 0 Å². The van der Waals surface area contributed by atoms with E-state index in [9.17, 15) is 4.79 Å². The summed E-state index contributed by atoms with van der Waals surface area (Å²) in [6, 6.07) is 19.8. The van der Waals surface area contributed by atoms with Crippen LogP contribution in [0.2, 0.25) is 0 Å². The lowest BCUT2D eigenvalue weighted by molar-refractivity contribution is -0.111. The molecule has 0 saturated carbocycles. The fourth-order valence-corrected chi connectivity index (χ4v) is 2.30. The Bertz CT molecular complexity index is 833. The molecule has 1 heterocycles. The molecule has 0 bridgehead atoms. The van der Waals surface area contributed by atoms with E-state index < -0.39 is 0 Å². The van der Waals surface area contributed by atoms with Gasteiger partial charge in [-0.2, -0.15) is 5.10 Å². The van der Waals surface area contributed by atoms with Crippen molar-refractivity contribution in [3.05, 3.63) is 89.6 Å². The first-order valence-electron chi connectivity index (χ1n) is 7.82. The summed E-state index contributed by atoms with van der Waals surface area (Å²) in [6.45, 7) is 2.74. The van der Waals surface area contributed by atoms with Gasteiger partial charge in [0.1, 0.15) is 0 Å². The Morgan fingerprint density at radius 3 is 2.58 bits per heavy atom. The van der Waals surface area contributed by atoms with Gasteiger partial charge in [0.15, 0.2) is 5.82 Å². The number of nitrogens with zero attached hydrogens (tertiary/aromatic N) is 2. The molecule has 1 aromatic heterocycles. The fourth-order valence-electron chi connectivity index (χ4n) is 2.30. The summed E-state index contributed by atoms with van der Waals surface area (Å²) in [5, 5.41) is 7.14. The second-order valence-electron chi connectivity index (χ2n) is 5.62. The molecule has 2 aromatic carbocycles. The van der Waals surface area contributed by atoms with Crippen LogP contribution in [0.5, 0.6) is 0 Å². The van der Waals surface area contributed by atoms with Crippen LogP contribution in [-0.4, -0.2) is 15.7 Å². The molecular weight excluding hydrogens is 298 g/mol. The monoisotopic (exact) mass is 317 g/mol. The van der Waals surface area contributed by atoms with Crippen molar-refractivity contribution < 1.29 is 4.79 Å². The number of aryl methyl sites for hydroxylation is 1. The molecule has 0 radical (unpaired) electrons. The zero-order valence-electron chi connectivity index (χ0n) is 13.5. The van der Waals surface area contributed by atoms with Crippen LogP contribution in [0, 0.1) is 6.92 Å². The number of carbonyl (C=O) groups excluding carboxylic acids is 1. The first-order valence-corrected chi connectivity index (χ1v) is 7.82. The van der Waals surface area contributed by atoms with Crippen molar-refractivity contribution in [2.45, 2.75) is 13.5 Å². The van der Waals surface area contributed by atoms with Gasteiger partial charge in [0, 0.05) is 18.3 Å². The summed E-state index contributed by atoms with van der Waals surface area (Å²) in [4.78, 5) is 11.9. The summed E-state index contributed by atoms with van der Waals surface area (Å²) in [7, 11) is 0. The van der Waals surface area contributed by atoms with E-state index in [0.717, 1.165) is 5.56 Å². The molecule has 0 unspecified atom stereocenters. The zero-order valence-corrected chi connectivity index (χ0v) is 13.5. The molecule has 0 aliphatic heterocycles. The molecule has 3 aromatic rings. The summed E-state index contributed by atoms with van der Waals surface area (Å²) < 4.78 is 1.81. The average Bonchev–Trinajstić information content (AvgIpc) is 3.03. The zero-order chi connectivity index (χ0) is 16.8. The highest BCUT2D eigenvalue weighted by atomic mass is 16.1. The second kappa shape index (κ2) is 7.42. The SMILES string of the molecule is Cc1ccc(Cn2ccc(NC(=O)C=Cc3ccccc3)n2)cc1. The standard InChI is InChI=1S/C20H19N3O/c1-16-7-9-18(10-8-16)15-23-14-13-19(22-23)21-20(24)12-11-17-5-3-2-4-6-17/h2-14H,15H2,1H3,(H,21,22,24). The topological polar surface area (TPSA) is 46.9 Å². The van der Waals surface area contributed by atoms with Gasteiger partial charge >= 0.3 is 0 Å². The van der Waals surface area contributed by atoms with Gasteiger partial charge in [-0.1, -0.05) is 60.2 Å². The van der Waals surface area contributed by atoms with Gasteiger partial charge in [0.05, 0.1) is 6.54 Å². The van der Waals surface area contributed by atoms with E-state index in [1.807, 2.05) is 36.5 Å². The van der Waals surface area contributed by atoms with Crippen molar-refractivity contribution in [1.82, 2.24) is 9.78 Å². The van der Waals surface area contributed by atoms with Gasteiger partial charge in [-0.15, -0.1) is 0 Å². The van der Waals surface area contributed by atoms with E-state index in [2.05, 4.69) is 41.6 Å². The third-order valence-electron chi connectivity index (χ3n) is 3.58. The first-order chi connectivity index (χ1) is 11.7. The highest BCUT2D eigenvalue weighted by Crippen LogP contribution is 2.08. The molecule has 4 nitrogen and oxygen atoms in total. The lowest BCUT2D eigenvalue weighted by atomic mass is 10.1. The number of aromatic nitrogens is 2. The largest absolute Gasteiger partial charge is 0.306 e.